The van der Waals surface area contributed by atoms with Crippen LogP contribution in [-0.4, -0.2) is 68.1 Å². The van der Waals surface area contributed by atoms with Crippen LogP contribution in [0.4, 0.5) is 4.79 Å². The number of hydrogen-bond acceptors (Lipinski definition) is 6. The summed E-state index contributed by atoms with van der Waals surface area (Å²) in [4.78, 5) is 25.4. The molecule has 0 saturated carbocycles. The summed E-state index contributed by atoms with van der Waals surface area (Å²) in [7, 11) is 5.42. The number of benzene rings is 1. The molecule has 8 nitrogen and oxygen atoms in total. The maximum Gasteiger partial charge on any atom is 0.408 e. The van der Waals surface area contributed by atoms with E-state index in [-0.39, 0.29) is 6.42 Å². The highest BCUT2D eigenvalue weighted by Crippen LogP contribution is 2.28. The van der Waals surface area contributed by atoms with E-state index in [9.17, 15) is 14.7 Å². The van der Waals surface area contributed by atoms with Gasteiger partial charge in [0.2, 0.25) is 0 Å². The fourth-order valence-electron chi connectivity index (χ4n) is 2.18. The summed E-state index contributed by atoms with van der Waals surface area (Å²) in [5, 5.41) is 11.8. The average molecular weight is 382 g/mol. The molecule has 8 heteroatoms. The summed E-state index contributed by atoms with van der Waals surface area (Å²) in [5.74, 6) is -0.0612. The second kappa shape index (κ2) is 10.0. The molecule has 0 aliphatic heterocycles. The Hall–Kier alpha value is -2.48. The van der Waals surface area contributed by atoms with Crippen molar-refractivity contribution >= 4 is 12.1 Å². The lowest BCUT2D eigenvalue weighted by Crippen LogP contribution is -2.44. The number of carboxylic acid groups (broad SMARTS) is 1. The molecule has 2 N–H and O–H groups in total. The van der Waals surface area contributed by atoms with Crippen LogP contribution >= 0.6 is 0 Å². The van der Waals surface area contributed by atoms with Gasteiger partial charge in [0.25, 0.3) is 0 Å². The van der Waals surface area contributed by atoms with E-state index in [2.05, 4.69) is 5.32 Å². The number of nitrogens with one attached hydrogen (secondary N) is 1. The molecule has 1 rings (SSSR count). The maximum atomic E-state index is 11.9. The van der Waals surface area contributed by atoms with E-state index < -0.39 is 23.7 Å². The van der Waals surface area contributed by atoms with Gasteiger partial charge in [-0.2, -0.15) is 0 Å². The summed E-state index contributed by atoms with van der Waals surface area (Å²) in [6, 6.07) is 4.07. The summed E-state index contributed by atoms with van der Waals surface area (Å²) in [6.45, 7) is 6.39. The molecule has 1 unspecified atom stereocenters. The van der Waals surface area contributed by atoms with Crippen molar-refractivity contribution in [2.45, 2.75) is 38.8 Å². The Morgan fingerprint density at radius 3 is 2.41 bits per heavy atom. The Kier molecular flexibility index (Phi) is 8.36. The highest BCUT2D eigenvalue weighted by molar-refractivity contribution is 5.80. The second-order valence-electron chi connectivity index (χ2n) is 7.38. The van der Waals surface area contributed by atoms with Crippen LogP contribution in [0.25, 0.3) is 0 Å². The summed E-state index contributed by atoms with van der Waals surface area (Å²) < 4.78 is 16.1. The van der Waals surface area contributed by atoms with Gasteiger partial charge in [0.15, 0.2) is 11.5 Å². The topological polar surface area (TPSA) is 97.3 Å². The number of aliphatic carboxylic acids is 1. The van der Waals surface area contributed by atoms with Crippen molar-refractivity contribution in [3.8, 4) is 11.5 Å². The predicted molar refractivity (Wildman–Crippen MR) is 102 cm³/mol. The fourth-order valence-corrected chi connectivity index (χ4v) is 2.18. The van der Waals surface area contributed by atoms with Gasteiger partial charge in [-0.1, -0.05) is 6.07 Å². The first-order valence-corrected chi connectivity index (χ1v) is 8.68. The number of carbonyl (C=O) groups is 2. The van der Waals surface area contributed by atoms with Crippen LogP contribution in [0.2, 0.25) is 0 Å². The van der Waals surface area contributed by atoms with Gasteiger partial charge in [0, 0.05) is 13.0 Å². The molecule has 1 atom stereocenters. The van der Waals surface area contributed by atoms with Crippen LogP contribution in [0.15, 0.2) is 18.2 Å². The number of nitrogens with zero attached hydrogens (tertiary/aromatic N) is 1. The summed E-state index contributed by atoms with van der Waals surface area (Å²) >= 11 is 0. The van der Waals surface area contributed by atoms with Gasteiger partial charge in [0.05, 0.1) is 7.11 Å². The Morgan fingerprint density at radius 1 is 1.22 bits per heavy atom. The van der Waals surface area contributed by atoms with E-state index in [0.29, 0.717) is 23.7 Å². The molecule has 27 heavy (non-hydrogen) atoms. The number of rotatable bonds is 9. The van der Waals surface area contributed by atoms with Gasteiger partial charge < -0.3 is 29.5 Å². The first-order chi connectivity index (χ1) is 12.5. The third-order valence-electron chi connectivity index (χ3n) is 3.45. The molecule has 0 radical (unpaired) electrons. The number of hydrogen-bond donors (Lipinski definition) is 2. The van der Waals surface area contributed by atoms with Gasteiger partial charge in [-0.05, 0) is 52.6 Å². The number of carboxylic acids is 1. The zero-order valence-electron chi connectivity index (χ0n) is 16.9. The van der Waals surface area contributed by atoms with Crippen LogP contribution in [0.5, 0.6) is 11.5 Å². The summed E-state index contributed by atoms with van der Waals surface area (Å²) in [6.07, 6.45) is -0.686. The quantitative estimate of drug-likeness (QED) is 0.675. The van der Waals surface area contributed by atoms with Crippen molar-refractivity contribution < 1.29 is 28.9 Å². The Balaban J connectivity index is 2.81. The molecule has 152 valence electrons. The second-order valence-corrected chi connectivity index (χ2v) is 7.38. The molecule has 0 aliphatic rings. The zero-order valence-corrected chi connectivity index (χ0v) is 16.9. The molecule has 0 spiro atoms. The van der Waals surface area contributed by atoms with Crippen molar-refractivity contribution in [1.82, 2.24) is 10.2 Å². The zero-order chi connectivity index (χ0) is 20.6. The van der Waals surface area contributed by atoms with Crippen molar-refractivity contribution in [3.63, 3.8) is 0 Å². The van der Waals surface area contributed by atoms with E-state index in [1.54, 1.807) is 39.0 Å². The van der Waals surface area contributed by atoms with Gasteiger partial charge in [-0.25, -0.2) is 9.59 Å². The van der Waals surface area contributed by atoms with E-state index in [4.69, 9.17) is 14.2 Å². The highest BCUT2D eigenvalue weighted by Gasteiger charge is 2.24. The minimum atomic E-state index is -1.15. The third-order valence-corrected chi connectivity index (χ3v) is 3.45. The highest BCUT2D eigenvalue weighted by atomic mass is 16.6. The normalized spacial score (nSPS) is 12.4. The van der Waals surface area contributed by atoms with Crippen molar-refractivity contribution in [2.75, 3.05) is 34.4 Å². The van der Waals surface area contributed by atoms with E-state index in [0.717, 1.165) is 6.54 Å². The molecule has 1 aromatic carbocycles. The number of carbonyl (C=O) groups excluding carboxylic acids is 1. The lowest BCUT2D eigenvalue weighted by molar-refractivity contribution is -0.139. The van der Waals surface area contributed by atoms with Crippen LogP contribution in [0.1, 0.15) is 26.3 Å². The predicted octanol–water partition coefficient (Wildman–Crippen LogP) is 2.16. The lowest BCUT2D eigenvalue weighted by atomic mass is 10.1. The number of amides is 1. The molecule has 1 aromatic rings. The van der Waals surface area contributed by atoms with E-state index in [1.807, 2.05) is 19.0 Å². The molecule has 0 heterocycles. The molecular formula is C19H30N2O6. The van der Waals surface area contributed by atoms with Crippen molar-refractivity contribution in [3.05, 3.63) is 23.8 Å². The SMILES string of the molecule is COc1cc(CC(NC(=O)OC(C)(C)C)C(=O)O)ccc1OCCN(C)C. The van der Waals surface area contributed by atoms with Crippen molar-refractivity contribution in [1.29, 1.82) is 0 Å². The van der Waals surface area contributed by atoms with Gasteiger partial charge in [0.1, 0.15) is 18.2 Å². The maximum absolute atomic E-state index is 11.9. The molecular weight excluding hydrogens is 352 g/mol. The molecule has 1 amide bonds. The Morgan fingerprint density at radius 2 is 1.89 bits per heavy atom. The van der Waals surface area contributed by atoms with E-state index in [1.165, 1.54) is 7.11 Å². The van der Waals surface area contributed by atoms with Crippen LogP contribution in [-0.2, 0) is 16.0 Å². The Bertz CT molecular complexity index is 640. The van der Waals surface area contributed by atoms with Gasteiger partial charge >= 0.3 is 12.1 Å². The van der Waals surface area contributed by atoms with E-state index >= 15 is 0 Å². The monoisotopic (exact) mass is 382 g/mol. The molecule has 0 saturated heterocycles. The molecule has 0 fully saturated rings. The van der Waals surface area contributed by atoms with Gasteiger partial charge in [-0.3, -0.25) is 0 Å². The first-order valence-electron chi connectivity index (χ1n) is 8.68. The molecule has 0 aromatic heterocycles. The van der Waals surface area contributed by atoms with Crippen LogP contribution in [0.3, 0.4) is 0 Å². The lowest BCUT2D eigenvalue weighted by Gasteiger charge is -2.22. The number of likely N-dealkylation sites (N-methyl/N-ethyl adjacent to an activating group) is 1. The number of ether oxygens (including phenoxy) is 3. The number of alkyl carbamates (subject to hydrolysis) is 1. The summed E-state index contributed by atoms with van der Waals surface area (Å²) in [5.41, 5.74) is -0.0164. The standard InChI is InChI=1S/C19H30N2O6/c1-19(2,3)27-18(24)20-14(17(22)23)11-13-7-8-15(16(12-13)25-6)26-10-9-21(4)5/h7-8,12,14H,9-11H2,1-6H3,(H,20,24)(H,22,23). The van der Waals surface area contributed by atoms with Crippen LogP contribution in [0, 0.1) is 0 Å². The largest absolute Gasteiger partial charge is 0.493 e. The van der Waals surface area contributed by atoms with Crippen molar-refractivity contribution in [2.24, 2.45) is 0 Å². The first kappa shape index (κ1) is 22.6. The third kappa shape index (κ3) is 8.63. The van der Waals surface area contributed by atoms with Gasteiger partial charge in [-0.15, -0.1) is 0 Å². The smallest absolute Gasteiger partial charge is 0.408 e. The molecule has 0 bridgehead atoms. The minimum absolute atomic E-state index is 0.0862. The minimum Gasteiger partial charge on any atom is -0.493 e. The average Bonchev–Trinajstić information content (AvgIpc) is 2.53. The molecule has 0 aliphatic carbocycles. The fraction of sp³-hybridized carbons (Fsp3) is 0.579. The number of methoxy groups -OCH3 is 1. The van der Waals surface area contributed by atoms with Crippen LogP contribution < -0.4 is 14.8 Å². The Labute approximate surface area is 160 Å².